The molecule has 1 aliphatic carbocycles. The van der Waals surface area contributed by atoms with Gasteiger partial charge in [-0.05, 0) is 61.6 Å². The lowest BCUT2D eigenvalue weighted by Gasteiger charge is -2.26. The number of allylic oxidation sites excluding steroid dienone is 2. The summed E-state index contributed by atoms with van der Waals surface area (Å²) in [4.78, 5) is 0. The average molecular weight is 324 g/mol. The topological polar surface area (TPSA) is 23.8 Å². The van der Waals surface area contributed by atoms with Gasteiger partial charge in [0.2, 0.25) is 0 Å². The molecule has 2 rings (SSSR count). The molecule has 0 amide bonds. The minimum atomic E-state index is 0.746. The first-order valence-electron chi connectivity index (χ1n) is 9.97. The molecule has 0 spiro atoms. The van der Waals surface area contributed by atoms with Crippen LogP contribution < -0.4 is 0 Å². The Hall–Kier alpha value is -1.55. The maximum absolute atomic E-state index is 8.82. The summed E-state index contributed by atoms with van der Waals surface area (Å²) < 4.78 is 0. The fourth-order valence-corrected chi connectivity index (χ4v) is 3.82. The van der Waals surface area contributed by atoms with Crippen molar-refractivity contribution in [1.29, 1.82) is 5.26 Å². The average Bonchev–Trinajstić information content (AvgIpc) is 2.63. The minimum Gasteiger partial charge on any atom is -0.192 e. The molecule has 0 aromatic heterocycles. The predicted octanol–water partition coefficient (Wildman–Crippen LogP) is 6.82. The van der Waals surface area contributed by atoms with Gasteiger partial charge < -0.3 is 0 Å². The highest BCUT2D eigenvalue weighted by Gasteiger charge is 2.18. The number of benzene rings is 1. The molecule has 1 heteroatoms. The van der Waals surface area contributed by atoms with Crippen molar-refractivity contribution in [1.82, 2.24) is 0 Å². The van der Waals surface area contributed by atoms with E-state index in [0.717, 1.165) is 23.8 Å². The Bertz CT molecular complexity index is 512. The number of rotatable bonds is 9. The molecule has 1 aliphatic rings. The van der Waals surface area contributed by atoms with Gasteiger partial charge in [0, 0.05) is 0 Å². The first-order chi connectivity index (χ1) is 11.8. The molecule has 0 bridgehead atoms. The van der Waals surface area contributed by atoms with Gasteiger partial charge in [-0.1, -0.05) is 69.7 Å². The summed E-state index contributed by atoms with van der Waals surface area (Å²) in [5.41, 5.74) is 2.04. The van der Waals surface area contributed by atoms with Gasteiger partial charge in [0.05, 0.1) is 11.6 Å². The quantitative estimate of drug-likeness (QED) is 0.361. The van der Waals surface area contributed by atoms with Crippen molar-refractivity contribution < 1.29 is 0 Å². The van der Waals surface area contributed by atoms with Crippen molar-refractivity contribution in [3.8, 4) is 6.07 Å². The van der Waals surface area contributed by atoms with Crippen molar-refractivity contribution in [3.63, 3.8) is 0 Å². The molecular formula is C23H33N. The standard InChI is InChI=1S/C23H33N/c1-2-3-4-5-6-8-20-11-13-21(14-12-20)9-7-10-22-15-17-23(19-24)18-16-22/h7,9,15-18,20-21H,2-6,8,10-14H2,1H3/b9-7+. The zero-order valence-electron chi connectivity index (χ0n) is 15.3. The van der Waals surface area contributed by atoms with Crippen LogP contribution in [-0.4, -0.2) is 0 Å². The molecule has 1 nitrogen and oxygen atoms in total. The van der Waals surface area contributed by atoms with Gasteiger partial charge in [-0.15, -0.1) is 0 Å². The van der Waals surface area contributed by atoms with E-state index in [0.29, 0.717) is 0 Å². The van der Waals surface area contributed by atoms with E-state index in [-0.39, 0.29) is 0 Å². The van der Waals surface area contributed by atoms with Crippen LogP contribution in [0.3, 0.4) is 0 Å². The maximum atomic E-state index is 8.82. The van der Waals surface area contributed by atoms with Crippen LogP contribution in [0.15, 0.2) is 36.4 Å². The van der Waals surface area contributed by atoms with Gasteiger partial charge in [0.15, 0.2) is 0 Å². The predicted molar refractivity (Wildman–Crippen MR) is 103 cm³/mol. The number of hydrogen-bond acceptors (Lipinski definition) is 1. The molecule has 1 aromatic rings. The highest BCUT2D eigenvalue weighted by Crippen LogP contribution is 2.32. The van der Waals surface area contributed by atoms with Crippen LogP contribution in [0.4, 0.5) is 0 Å². The molecule has 1 saturated carbocycles. The Morgan fingerprint density at radius 1 is 1.00 bits per heavy atom. The Morgan fingerprint density at radius 3 is 2.38 bits per heavy atom. The fraction of sp³-hybridized carbons (Fsp3) is 0.609. The van der Waals surface area contributed by atoms with Gasteiger partial charge in [-0.3, -0.25) is 0 Å². The van der Waals surface area contributed by atoms with Crippen LogP contribution in [0, 0.1) is 23.2 Å². The molecular weight excluding hydrogens is 290 g/mol. The maximum Gasteiger partial charge on any atom is 0.0991 e. The third kappa shape index (κ3) is 6.91. The number of nitriles is 1. The molecule has 0 aliphatic heterocycles. The summed E-state index contributed by atoms with van der Waals surface area (Å²) in [6, 6.07) is 10.1. The lowest BCUT2D eigenvalue weighted by Crippen LogP contribution is -2.13. The third-order valence-corrected chi connectivity index (χ3v) is 5.45. The first-order valence-corrected chi connectivity index (χ1v) is 9.97. The SMILES string of the molecule is CCCCCCCC1CCC(/C=C/Cc2ccc(C#N)cc2)CC1. The summed E-state index contributed by atoms with van der Waals surface area (Å²) in [7, 11) is 0. The van der Waals surface area contributed by atoms with Gasteiger partial charge in [0.25, 0.3) is 0 Å². The van der Waals surface area contributed by atoms with Crippen LogP contribution >= 0.6 is 0 Å². The molecule has 0 atom stereocenters. The van der Waals surface area contributed by atoms with Crippen LogP contribution in [-0.2, 0) is 6.42 Å². The minimum absolute atomic E-state index is 0.746. The molecule has 0 radical (unpaired) electrons. The highest BCUT2D eigenvalue weighted by atomic mass is 14.2. The van der Waals surface area contributed by atoms with E-state index in [1.54, 1.807) is 0 Å². The van der Waals surface area contributed by atoms with Gasteiger partial charge in [-0.25, -0.2) is 0 Å². The highest BCUT2D eigenvalue weighted by molar-refractivity contribution is 5.32. The number of nitrogens with zero attached hydrogens (tertiary/aromatic N) is 1. The molecule has 24 heavy (non-hydrogen) atoms. The van der Waals surface area contributed by atoms with E-state index >= 15 is 0 Å². The molecule has 0 saturated heterocycles. The normalized spacial score (nSPS) is 21.0. The second kappa shape index (κ2) is 11.1. The summed E-state index contributed by atoms with van der Waals surface area (Å²) in [6.07, 6.45) is 19.9. The molecule has 0 heterocycles. The third-order valence-electron chi connectivity index (χ3n) is 5.45. The van der Waals surface area contributed by atoms with Crippen LogP contribution in [0.5, 0.6) is 0 Å². The first kappa shape index (κ1) is 18.8. The second-order valence-electron chi connectivity index (χ2n) is 7.42. The van der Waals surface area contributed by atoms with E-state index in [1.165, 1.54) is 69.8 Å². The Morgan fingerprint density at radius 2 is 1.71 bits per heavy atom. The summed E-state index contributed by atoms with van der Waals surface area (Å²) in [6.45, 7) is 2.29. The van der Waals surface area contributed by atoms with E-state index in [9.17, 15) is 0 Å². The van der Waals surface area contributed by atoms with Crippen LogP contribution in [0.25, 0.3) is 0 Å². The number of hydrogen-bond donors (Lipinski definition) is 0. The van der Waals surface area contributed by atoms with Crippen molar-refractivity contribution in [2.24, 2.45) is 11.8 Å². The van der Waals surface area contributed by atoms with Crippen LogP contribution in [0.1, 0.15) is 82.3 Å². The number of unbranched alkanes of at least 4 members (excludes halogenated alkanes) is 4. The fourth-order valence-electron chi connectivity index (χ4n) is 3.82. The Kier molecular flexibility index (Phi) is 8.67. The Labute approximate surface area is 148 Å². The van der Waals surface area contributed by atoms with Gasteiger partial charge in [0.1, 0.15) is 0 Å². The van der Waals surface area contributed by atoms with E-state index in [1.807, 2.05) is 12.1 Å². The zero-order valence-corrected chi connectivity index (χ0v) is 15.3. The van der Waals surface area contributed by atoms with E-state index < -0.39 is 0 Å². The molecule has 1 fully saturated rings. The van der Waals surface area contributed by atoms with E-state index in [4.69, 9.17) is 5.26 Å². The van der Waals surface area contributed by atoms with E-state index in [2.05, 4.69) is 37.3 Å². The molecule has 0 unspecified atom stereocenters. The van der Waals surface area contributed by atoms with Crippen molar-refractivity contribution in [3.05, 3.63) is 47.5 Å². The molecule has 0 N–H and O–H groups in total. The largest absolute Gasteiger partial charge is 0.192 e. The summed E-state index contributed by atoms with van der Waals surface area (Å²) >= 11 is 0. The molecule has 1 aromatic carbocycles. The van der Waals surface area contributed by atoms with Gasteiger partial charge in [-0.2, -0.15) is 5.26 Å². The van der Waals surface area contributed by atoms with Crippen molar-refractivity contribution in [2.75, 3.05) is 0 Å². The lowest BCUT2D eigenvalue weighted by atomic mass is 9.79. The van der Waals surface area contributed by atoms with Crippen molar-refractivity contribution >= 4 is 0 Å². The van der Waals surface area contributed by atoms with Gasteiger partial charge >= 0.3 is 0 Å². The molecule has 130 valence electrons. The summed E-state index contributed by atoms with van der Waals surface area (Å²) in [5.74, 6) is 1.79. The zero-order chi connectivity index (χ0) is 17.0. The lowest BCUT2D eigenvalue weighted by molar-refractivity contribution is 0.288. The second-order valence-corrected chi connectivity index (χ2v) is 7.42. The van der Waals surface area contributed by atoms with Crippen molar-refractivity contribution in [2.45, 2.75) is 77.6 Å². The van der Waals surface area contributed by atoms with Crippen LogP contribution in [0.2, 0.25) is 0 Å². The monoisotopic (exact) mass is 323 g/mol. The smallest absolute Gasteiger partial charge is 0.0991 e. The Balaban J connectivity index is 1.61. The summed E-state index contributed by atoms with van der Waals surface area (Å²) in [5, 5.41) is 8.82.